The van der Waals surface area contributed by atoms with Crippen LogP contribution in [0.25, 0.3) is 0 Å². The molecule has 0 saturated carbocycles. The highest BCUT2D eigenvalue weighted by Gasteiger charge is 2.22. The summed E-state index contributed by atoms with van der Waals surface area (Å²) < 4.78 is 0. The molecule has 2 aromatic rings. The van der Waals surface area contributed by atoms with Crippen LogP contribution < -0.4 is 15.5 Å². The van der Waals surface area contributed by atoms with Gasteiger partial charge >= 0.3 is 0 Å². The molecular formula is C26H35N5O. The predicted octanol–water partition coefficient (Wildman–Crippen LogP) is 3.53. The lowest BCUT2D eigenvalue weighted by molar-refractivity contribution is -0.131. The van der Waals surface area contributed by atoms with Gasteiger partial charge in [-0.2, -0.15) is 0 Å². The molecule has 2 aromatic carbocycles. The van der Waals surface area contributed by atoms with E-state index < -0.39 is 0 Å². The summed E-state index contributed by atoms with van der Waals surface area (Å²) in [4.78, 5) is 21.7. The number of hydrogen-bond acceptors (Lipinski definition) is 3. The molecule has 2 heterocycles. The first-order chi connectivity index (χ1) is 15.7. The molecule has 6 heteroatoms. The second-order valence-corrected chi connectivity index (χ2v) is 8.62. The van der Waals surface area contributed by atoms with Crippen molar-refractivity contribution in [2.45, 2.75) is 51.7 Å². The minimum Gasteiger partial charge on any atom is -0.371 e. The molecule has 0 bridgehead atoms. The van der Waals surface area contributed by atoms with E-state index in [9.17, 15) is 4.79 Å². The number of nitrogens with one attached hydrogen (secondary N) is 2. The van der Waals surface area contributed by atoms with Crippen LogP contribution in [0.3, 0.4) is 0 Å². The van der Waals surface area contributed by atoms with Crippen molar-refractivity contribution in [2.24, 2.45) is 4.99 Å². The lowest BCUT2D eigenvalue weighted by atomic mass is 10.0. The van der Waals surface area contributed by atoms with E-state index in [1.54, 1.807) is 0 Å². The minimum atomic E-state index is 0.225. The molecule has 0 radical (unpaired) electrons. The first-order valence-corrected chi connectivity index (χ1v) is 11.9. The highest BCUT2D eigenvalue weighted by Crippen LogP contribution is 2.23. The van der Waals surface area contributed by atoms with E-state index in [2.05, 4.69) is 64.9 Å². The van der Waals surface area contributed by atoms with Crippen LogP contribution in [0.2, 0.25) is 0 Å². The highest BCUT2D eigenvalue weighted by atomic mass is 16.2. The molecule has 0 aliphatic carbocycles. The molecule has 6 nitrogen and oxygen atoms in total. The SMILES string of the molecule is CCNC(=NCCCC(=O)N1Cc2ccccc2C1)NC1CCN(c2ccccc2)CC1. The van der Waals surface area contributed by atoms with Crippen molar-refractivity contribution in [1.29, 1.82) is 0 Å². The molecule has 0 atom stereocenters. The molecule has 0 unspecified atom stereocenters. The number of carbonyl (C=O) groups is 1. The molecule has 0 spiro atoms. The number of benzene rings is 2. The molecule has 32 heavy (non-hydrogen) atoms. The van der Waals surface area contributed by atoms with E-state index >= 15 is 0 Å². The highest BCUT2D eigenvalue weighted by molar-refractivity contribution is 5.80. The largest absolute Gasteiger partial charge is 0.371 e. The minimum absolute atomic E-state index is 0.225. The molecule has 170 valence electrons. The Labute approximate surface area is 191 Å². The van der Waals surface area contributed by atoms with Crippen molar-refractivity contribution in [3.05, 3.63) is 65.7 Å². The van der Waals surface area contributed by atoms with E-state index in [0.717, 1.165) is 57.9 Å². The van der Waals surface area contributed by atoms with Crippen molar-refractivity contribution < 1.29 is 4.79 Å². The van der Waals surface area contributed by atoms with Crippen LogP contribution >= 0.6 is 0 Å². The Kier molecular flexibility index (Phi) is 7.64. The standard InChI is InChI=1S/C26H35N5O/c1-2-27-26(29-23-14-17-30(18-15-23)24-11-4-3-5-12-24)28-16-8-13-25(32)31-19-21-9-6-7-10-22(21)20-31/h3-7,9-12,23H,2,8,13-20H2,1H3,(H2,27,28,29). The fraction of sp³-hybridized carbons (Fsp3) is 0.462. The maximum Gasteiger partial charge on any atom is 0.223 e. The van der Waals surface area contributed by atoms with Crippen LogP contribution in [-0.4, -0.2) is 49.0 Å². The van der Waals surface area contributed by atoms with Gasteiger partial charge in [-0.15, -0.1) is 0 Å². The van der Waals surface area contributed by atoms with Crippen molar-refractivity contribution in [3.8, 4) is 0 Å². The second-order valence-electron chi connectivity index (χ2n) is 8.62. The number of guanidine groups is 1. The number of para-hydroxylation sites is 1. The Balaban J connectivity index is 1.19. The Morgan fingerprint density at radius 3 is 2.31 bits per heavy atom. The first-order valence-electron chi connectivity index (χ1n) is 11.9. The fourth-order valence-electron chi connectivity index (χ4n) is 4.52. The molecule has 2 aliphatic rings. The zero-order valence-corrected chi connectivity index (χ0v) is 19.1. The lowest BCUT2D eigenvalue weighted by Crippen LogP contribution is -2.48. The third-order valence-corrected chi connectivity index (χ3v) is 6.31. The van der Waals surface area contributed by atoms with Crippen molar-refractivity contribution >= 4 is 17.6 Å². The molecule has 1 saturated heterocycles. The van der Waals surface area contributed by atoms with Gasteiger partial charge in [-0.25, -0.2) is 0 Å². The van der Waals surface area contributed by atoms with Crippen LogP contribution in [0.1, 0.15) is 43.7 Å². The average Bonchev–Trinajstić information content (AvgIpc) is 3.27. The van der Waals surface area contributed by atoms with Gasteiger partial charge in [0.2, 0.25) is 5.91 Å². The maximum atomic E-state index is 12.6. The Morgan fingerprint density at radius 2 is 1.66 bits per heavy atom. The van der Waals surface area contributed by atoms with Crippen molar-refractivity contribution in [2.75, 3.05) is 31.1 Å². The monoisotopic (exact) mass is 433 g/mol. The van der Waals surface area contributed by atoms with Gasteiger partial charge < -0.3 is 20.4 Å². The fourth-order valence-corrected chi connectivity index (χ4v) is 4.52. The number of anilines is 1. The smallest absolute Gasteiger partial charge is 0.223 e. The van der Waals surface area contributed by atoms with Crippen molar-refractivity contribution in [3.63, 3.8) is 0 Å². The van der Waals surface area contributed by atoms with Gasteiger partial charge in [0.15, 0.2) is 5.96 Å². The number of amides is 1. The summed E-state index contributed by atoms with van der Waals surface area (Å²) in [6, 6.07) is 19.4. The van der Waals surface area contributed by atoms with Crippen LogP contribution in [0, 0.1) is 0 Å². The van der Waals surface area contributed by atoms with E-state index in [0.29, 0.717) is 19.0 Å². The van der Waals surface area contributed by atoms with Gasteiger partial charge in [0.1, 0.15) is 0 Å². The summed E-state index contributed by atoms with van der Waals surface area (Å²) in [6.07, 6.45) is 3.50. The predicted molar refractivity (Wildman–Crippen MR) is 131 cm³/mol. The first kappa shape index (κ1) is 22.2. The number of aliphatic imine (C=N–C) groups is 1. The Bertz CT molecular complexity index is 880. The Hall–Kier alpha value is -3.02. The summed E-state index contributed by atoms with van der Waals surface area (Å²) in [7, 11) is 0. The van der Waals surface area contributed by atoms with E-state index in [1.807, 2.05) is 17.0 Å². The van der Waals surface area contributed by atoms with Crippen LogP contribution in [0.4, 0.5) is 5.69 Å². The second kappa shape index (κ2) is 11.0. The summed E-state index contributed by atoms with van der Waals surface area (Å²) in [5.74, 6) is 1.09. The van der Waals surface area contributed by atoms with Gasteiger partial charge in [0.05, 0.1) is 0 Å². The zero-order valence-electron chi connectivity index (χ0n) is 19.1. The lowest BCUT2D eigenvalue weighted by Gasteiger charge is -2.34. The molecule has 0 aromatic heterocycles. The summed E-state index contributed by atoms with van der Waals surface area (Å²) in [6.45, 7) is 7.16. The van der Waals surface area contributed by atoms with Gasteiger partial charge in [-0.3, -0.25) is 9.79 Å². The average molecular weight is 434 g/mol. The molecule has 2 N–H and O–H groups in total. The topological polar surface area (TPSA) is 60.0 Å². The number of fused-ring (bicyclic) bond motifs is 1. The normalized spacial score (nSPS) is 16.7. The van der Waals surface area contributed by atoms with E-state index in [-0.39, 0.29) is 5.91 Å². The zero-order chi connectivity index (χ0) is 22.2. The number of rotatable bonds is 7. The number of piperidine rings is 1. The van der Waals surface area contributed by atoms with Gasteiger partial charge in [-0.1, -0.05) is 42.5 Å². The molecule has 4 rings (SSSR count). The maximum absolute atomic E-state index is 12.6. The Morgan fingerprint density at radius 1 is 1.00 bits per heavy atom. The molecule has 1 amide bonds. The van der Waals surface area contributed by atoms with E-state index in [1.165, 1.54) is 16.8 Å². The molecule has 1 fully saturated rings. The van der Waals surface area contributed by atoms with E-state index in [4.69, 9.17) is 4.99 Å². The third-order valence-electron chi connectivity index (χ3n) is 6.31. The summed E-state index contributed by atoms with van der Waals surface area (Å²) >= 11 is 0. The van der Waals surface area contributed by atoms with Crippen molar-refractivity contribution in [1.82, 2.24) is 15.5 Å². The number of carbonyl (C=O) groups excluding carboxylic acids is 1. The van der Waals surface area contributed by atoms with Gasteiger partial charge in [0.25, 0.3) is 0 Å². The molecular weight excluding hydrogens is 398 g/mol. The summed E-state index contributed by atoms with van der Waals surface area (Å²) in [5, 5.41) is 6.96. The summed E-state index contributed by atoms with van der Waals surface area (Å²) in [5.41, 5.74) is 3.85. The quantitative estimate of drug-likeness (QED) is 0.398. The molecule has 2 aliphatic heterocycles. The van der Waals surface area contributed by atoms with Crippen LogP contribution in [0.5, 0.6) is 0 Å². The number of nitrogens with zero attached hydrogens (tertiary/aromatic N) is 3. The van der Waals surface area contributed by atoms with Gasteiger partial charge in [0, 0.05) is 57.4 Å². The van der Waals surface area contributed by atoms with Crippen LogP contribution in [0.15, 0.2) is 59.6 Å². The van der Waals surface area contributed by atoms with Crippen LogP contribution in [-0.2, 0) is 17.9 Å². The number of hydrogen-bond donors (Lipinski definition) is 2. The van der Waals surface area contributed by atoms with Gasteiger partial charge in [-0.05, 0) is 49.4 Å². The third kappa shape index (κ3) is 5.81.